The molecule has 2 heterocycles. The summed E-state index contributed by atoms with van der Waals surface area (Å²) in [7, 11) is 1.51. The molecule has 1 aliphatic carbocycles. The summed E-state index contributed by atoms with van der Waals surface area (Å²) in [5.74, 6) is -0.122. The van der Waals surface area contributed by atoms with Gasteiger partial charge in [0.15, 0.2) is 0 Å². The number of benzene rings is 3. The standard InChI is InChI=1S/C31H30FNO5/c1-36-30-11-10-21(32)12-20(30)15-29(34)19-13-22-16-37-17-23(14-19)33(22)31(35)38-18-28-26-8-4-2-6-24(26)25-7-3-5-9-27(25)28/h2-12,19,22-23,28H,13-18H2,1H3. The number of hydrogen-bond acceptors (Lipinski definition) is 5. The first-order valence-corrected chi connectivity index (χ1v) is 13.1. The lowest BCUT2D eigenvalue weighted by atomic mass is 9.81. The smallest absolute Gasteiger partial charge is 0.410 e. The Bertz CT molecular complexity index is 1310. The van der Waals surface area contributed by atoms with Crippen LogP contribution in [-0.2, 0) is 20.7 Å². The minimum Gasteiger partial charge on any atom is -0.496 e. The van der Waals surface area contributed by atoms with Gasteiger partial charge in [0.05, 0.1) is 32.4 Å². The predicted molar refractivity (Wildman–Crippen MR) is 140 cm³/mol. The molecule has 0 radical (unpaired) electrons. The van der Waals surface area contributed by atoms with E-state index in [9.17, 15) is 14.0 Å². The van der Waals surface area contributed by atoms with Gasteiger partial charge in [-0.25, -0.2) is 9.18 Å². The maximum absolute atomic E-state index is 13.8. The molecule has 0 aromatic heterocycles. The lowest BCUT2D eigenvalue weighted by Crippen LogP contribution is -2.60. The second-order valence-electron chi connectivity index (χ2n) is 10.3. The number of carbonyl (C=O) groups is 2. The summed E-state index contributed by atoms with van der Waals surface area (Å²) in [6.45, 7) is 0.993. The number of fused-ring (bicyclic) bond motifs is 5. The summed E-state index contributed by atoms with van der Waals surface area (Å²) in [5.41, 5.74) is 5.24. The van der Waals surface area contributed by atoms with Crippen LogP contribution in [0.15, 0.2) is 66.7 Å². The molecule has 2 bridgehead atoms. The van der Waals surface area contributed by atoms with Crippen LogP contribution in [-0.4, -0.2) is 55.8 Å². The Morgan fingerprint density at radius 2 is 1.58 bits per heavy atom. The maximum Gasteiger partial charge on any atom is 0.410 e. The normalized spacial score (nSPS) is 21.9. The first-order valence-electron chi connectivity index (χ1n) is 13.1. The third-order valence-electron chi connectivity index (χ3n) is 8.13. The topological polar surface area (TPSA) is 65.1 Å². The lowest BCUT2D eigenvalue weighted by Gasteiger charge is -2.47. The van der Waals surface area contributed by atoms with Crippen LogP contribution in [0.5, 0.6) is 5.75 Å². The zero-order chi connectivity index (χ0) is 26.2. The minimum absolute atomic E-state index is 0.0113. The van der Waals surface area contributed by atoms with Crippen LogP contribution in [0.3, 0.4) is 0 Å². The Hall–Kier alpha value is -3.71. The van der Waals surface area contributed by atoms with Crippen LogP contribution in [0.25, 0.3) is 11.1 Å². The molecule has 1 amide bonds. The number of piperidine rings is 1. The van der Waals surface area contributed by atoms with Crippen molar-refractivity contribution in [2.45, 2.75) is 37.3 Å². The number of hydrogen-bond donors (Lipinski definition) is 0. The predicted octanol–water partition coefficient (Wildman–Crippen LogP) is 5.37. The van der Waals surface area contributed by atoms with Gasteiger partial charge < -0.3 is 14.2 Å². The van der Waals surface area contributed by atoms with E-state index in [1.54, 1.807) is 11.0 Å². The molecule has 0 N–H and O–H groups in total. The number of nitrogens with zero attached hydrogens (tertiary/aromatic N) is 1. The molecule has 6 nitrogen and oxygen atoms in total. The first kappa shape index (κ1) is 24.6. The number of morpholine rings is 1. The molecule has 2 unspecified atom stereocenters. The van der Waals surface area contributed by atoms with Gasteiger partial charge in [-0.3, -0.25) is 9.69 Å². The highest BCUT2D eigenvalue weighted by Crippen LogP contribution is 2.44. The fraction of sp³-hybridized carbons (Fsp3) is 0.355. The number of halogens is 1. The summed E-state index contributed by atoms with van der Waals surface area (Å²) in [4.78, 5) is 28.4. The Morgan fingerprint density at radius 3 is 2.21 bits per heavy atom. The van der Waals surface area contributed by atoms with E-state index in [-0.39, 0.29) is 48.8 Å². The van der Waals surface area contributed by atoms with E-state index in [4.69, 9.17) is 14.2 Å². The molecule has 6 rings (SSSR count). The molecular formula is C31H30FNO5. The Labute approximate surface area is 221 Å². The Morgan fingerprint density at radius 1 is 0.947 bits per heavy atom. The van der Waals surface area contributed by atoms with E-state index in [1.165, 1.54) is 41.5 Å². The monoisotopic (exact) mass is 515 g/mol. The number of rotatable bonds is 6. The fourth-order valence-corrected chi connectivity index (χ4v) is 6.36. The van der Waals surface area contributed by atoms with Crippen LogP contribution in [0, 0.1) is 11.7 Å². The lowest BCUT2D eigenvalue weighted by molar-refractivity contribution is -0.130. The van der Waals surface area contributed by atoms with Crippen LogP contribution in [0.4, 0.5) is 9.18 Å². The summed E-state index contributed by atoms with van der Waals surface area (Å²) in [5, 5.41) is 0. The molecule has 2 aliphatic heterocycles. The van der Waals surface area contributed by atoms with Crippen molar-refractivity contribution in [1.82, 2.24) is 4.90 Å². The van der Waals surface area contributed by atoms with Gasteiger partial charge in [-0.15, -0.1) is 0 Å². The highest BCUT2D eigenvalue weighted by Gasteiger charge is 2.44. The number of ketones is 1. The minimum atomic E-state index is -0.399. The van der Waals surface area contributed by atoms with Crippen LogP contribution in [0.1, 0.15) is 35.4 Å². The van der Waals surface area contributed by atoms with Crippen LogP contribution in [0.2, 0.25) is 0 Å². The van der Waals surface area contributed by atoms with E-state index in [1.807, 2.05) is 24.3 Å². The maximum atomic E-state index is 13.8. The SMILES string of the molecule is COc1ccc(F)cc1CC(=O)C1CC2COCC(C1)N2C(=O)OCC1c2ccccc2-c2ccccc21. The third kappa shape index (κ3) is 4.45. The highest BCUT2D eigenvalue weighted by atomic mass is 19.1. The number of carbonyl (C=O) groups excluding carboxylic acids is 2. The average Bonchev–Trinajstić information content (AvgIpc) is 3.24. The number of methoxy groups -OCH3 is 1. The second kappa shape index (κ2) is 10.2. The summed E-state index contributed by atoms with van der Waals surface area (Å²) in [6.07, 6.45) is 0.730. The van der Waals surface area contributed by atoms with Gasteiger partial charge in [0.1, 0.15) is 24.0 Å². The molecule has 0 spiro atoms. The second-order valence-corrected chi connectivity index (χ2v) is 10.3. The molecule has 3 aromatic rings. The molecule has 7 heteroatoms. The van der Waals surface area contributed by atoms with E-state index in [0.717, 1.165) is 0 Å². The van der Waals surface area contributed by atoms with Gasteiger partial charge in [-0.2, -0.15) is 0 Å². The Balaban J connectivity index is 1.13. The average molecular weight is 516 g/mol. The van der Waals surface area contributed by atoms with Crippen LogP contribution >= 0.6 is 0 Å². The van der Waals surface area contributed by atoms with Crippen LogP contribution < -0.4 is 4.74 Å². The van der Waals surface area contributed by atoms with Crippen molar-refractivity contribution in [1.29, 1.82) is 0 Å². The molecule has 3 aliphatic rings. The first-order chi connectivity index (χ1) is 18.5. The molecule has 38 heavy (non-hydrogen) atoms. The molecule has 0 saturated carbocycles. The molecule has 196 valence electrons. The summed E-state index contributed by atoms with van der Waals surface area (Å²) in [6, 6.07) is 20.3. The molecule has 2 saturated heterocycles. The van der Waals surface area contributed by atoms with E-state index in [0.29, 0.717) is 37.4 Å². The zero-order valence-electron chi connectivity index (χ0n) is 21.3. The number of Topliss-reactive ketones (excluding diaryl/α,β-unsaturated/α-hetero) is 1. The zero-order valence-corrected chi connectivity index (χ0v) is 21.3. The molecule has 3 aromatic carbocycles. The number of ether oxygens (including phenoxy) is 3. The third-order valence-corrected chi connectivity index (χ3v) is 8.13. The van der Waals surface area contributed by atoms with Gasteiger partial charge in [-0.1, -0.05) is 48.5 Å². The van der Waals surface area contributed by atoms with Crippen molar-refractivity contribution >= 4 is 11.9 Å². The molecular weight excluding hydrogens is 485 g/mol. The van der Waals surface area contributed by atoms with Crippen molar-refractivity contribution < 1.29 is 28.2 Å². The van der Waals surface area contributed by atoms with Crippen molar-refractivity contribution in [3.05, 3.63) is 89.2 Å². The van der Waals surface area contributed by atoms with Crippen molar-refractivity contribution in [3.63, 3.8) is 0 Å². The largest absolute Gasteiger partial charge is 0.496 e. The fourth-order valence-electron chi connectivity index (χ4n) is 6.36. The van der Waals surface area contributed by atoms with E-state index >= 15 is 0 Å². The molecule has 2 atom stereocenters. The highest BCUT2D eigenvalue weighted by molar-refractivity contribution is 5.84. The summed E-state index contributed by atoms with van der Waals surface area (Å²) >= 11 is 0. The quantitative estimate of drug-likeness (QED) is 0.441. The van der Waals surface area contributed by atoms with Gasteiger partial charge in [0.2, 0.25) is 0 Å². The van der Waals surface area contributed by atoms with E-state index < -0.39 is 5.82 Å². The van der Waals surface area contributed by atoms with Crippen molar-refractivity contribution in [3.8, 4) is 16.9 Å². The molecule has 2 fully saturated rings. The van der Waals surface area contributed by atoms with Gasteiger partial charge >= 0.3 is 6.09 Å². The summed E-state index contributed by atoms with van der Waals surface area (Å²) < 4.78 is 30.8. The number of amides is 1. The van der Waals surface area contributed by atoms with E-state index in [2.05, 4.69) is 24.3 Å². The Kier molecular flexibility index (Phi) is 6.62. The van der Waals surface area contributed by atoms with Gasteiger partial charge in [0.25, 0.3) is 0 Å². The van der Waals surface area contributed by atoms with Crippen molar-refractivity contribution in [2.24, 2.45) is 5.92 Å². The van der Waals surface area contributed by atoms with Crippen molar-refractivity contribution in [2.75, 3.05) is 26.9 Å². The van der Waals surface area contributed by atoms with Gasteiger partial charge in [-0.05, 0) is 53.3 Å². The van der Waals surface area contributed by atoms with Gasteiger partial charge in [0, 0.05) is 23.8 Å².